The summed E-state index contributed by atoms with van der Waals surface area (Å²) in [5, 5.41) is 29.5. The van der Waals surface area contributed by atoms with Crippen molar-refractivity contribution in [3.63, 3.8) is 0 Å². The molecule has 0 spiro atoms. The van der Waals surface area contributed by atoms with Crippen LogP contribution in [0.25, 0.3) is 21.5 Å². The van der Waals surface area contributed by atoms with Crippen LogP contribution in [0.15, 0.2) is 91.0 Å². The Morgan fingerprint density at radius 1 is 0.594 bits per heavy atom. The zero-order valence-corrected chi connectivity index (χ0v) is 19.9. The van der Waals surface area contributed by atoms with E-state index in [1.54, 1.807) is 0 Å². The minimum absolute atomic E-state index is 0.319. The summed E-state index contributed by atoms with van der Waals surface area (Å²) in [6.07, 6.45) is 0. The van der Waals surface area contributed by atoms with Crippen LogP contribution in [0.4, 0.5) is 0 Å². The quantitative estimate of drug-likeness (QED) is 0.284. The van der Waals surface area contributed by atoms with Gasteiger partial charge in [-0.2, -0.15) is 0 Å². The second-order valence-corrected chi connectivity index (χ2v) is 12.4. The molecule has 0 atom stereocenters. The van der Waals surface area contributed by atoms with Crippen molar-refractivity contribution in [2.45, 2.75) is 13.8 Å². The Morgan fingerprint density at radius 2 is 1.12 bits per heavy atom. The summed E-state index contributed by atoms with van der Waals surface area (Å²) < 4.78 is 0. The predicted octanol–water partition coefficient (Wildman–Crippen LogP) is 5.40. The van der Waals surface area contributed by atoms with Crippen LogP contribution in [0.3, 0.4) is 0 Å². The zero-order chi connectivity index (χ0) is 22.2. The number of aryl methyl sites for hydroxylation is 1. The van der Waals surface area contributed by atoms with Crippen molar-refractivity contribution >= 4 is 54.0 Å². The summed E-state index contributed by atoms with van der Waals surface area (Å²) in [5.74, 6) is 0.638. The molecule has 0 fully saturated rings. The first-order chi connectivity index (χ1) is 15.5. The fourth-order valence-corrected chi connectivity index (χ4v) is 9.73. The third-order valence-corrected chi connectivity index (χ3v) is 11.6. The van der Waals surface area contributed by atoms with Crippen LogP contribution in [0.5, 0.6) is 11.5 Å². The van der Waals surface area contributed by atoms with Gasteiger partial charge in [-0.05, 0) is 43.2 Å². The topological polar surface area (TPSA) is 40.5 Å². The van der Waals surface area contributed by atoms with Crippen LogP contribution in [0, 0.1) is 13.8 Å². The Morgan fingerprint density at radius 3 is 1.69 bits per heavy atom. The van der Waals surface area contributed by atoms with Crippen LogP contribution in [0.1, 0.15) is 11.1 Å². The molecule has 5 rings (SSSR count). The van der Waals surface area contributed by atoms with E-state index in [-0.39, 0.29) is 0 Å². The molecule has 32 heavy (non-hydrogen) atoms. The van der Waals surface area contributed by atoms with Crippen LogP contribution >= 0.6 is 7.47 Å². The van der Waals surface area contributed by atoms with Gasteiger partial charge in [0.1, 0.15) is 20.7 Å². The van der Waals surface area contributed by atoms with Gasteiger partial charge < -0.3 is 10.2 Å². The molecule has 0 aromatic heterocycles. The number of rotatable bonds is 4. The minimum Gasteiger partial charge on any atom is -0.507 e. The van der Waals surface area contributed by atoms with Crippen LogP contribution in [0.2, 0.25) is 0 Å². The van der Waals surface area contributed by atoms with Gasteiger partial charge in [0.05, 0.1) is 0 Å². The van der Waals surface area contributed by atoms with Crippen molar-refractivity contribution in [2.75, 3.05) is 0 Å². The third kappa shape index (κ3) is 3.58. The Kier molecular flexibility index (Phi) is 5.46. The molecular weight excluding hydrogens is 427 g/mol. The monoisotopic (exact) mass is 450 g/mol. The second-order valence-electron chi connectivity index (χ2n) is 8.00. The van der Waals surface area contributed by atoms with Crippen molar-refractivity contribution in [3.8, 4) is 11.5 Å². The number of aromatic hydroxyl groups is 2. The highest BCUT2D eigenvalue weighted by Gasteiger charge is 2.24. The van der Waals surface area contributed by atoms with Crippen molar-refractivity contribution < 1.29 is 10.2 Å². The number of fused-ring (bicyclic) bond motifs is 2. The molecule has 0 heterocycles. The van der Waals surface area contributed by atoms with E-state index in [2.05, 4.69) is 44.2 Å². The lowest BCUT2D eigenvalue weighted by atomic mass is 10.1. The van der Waals surface area contributed by atoms with Gasteiger partial charge in [-0.25, -0.2) is 0 Å². The van der Waals surface area contributed by atoms with Crippen LogP contribution < -0.4 is 15.8 Å². The number of benzene rings is 5. The zero-order valence-electron chi connectivity index (χ0n) is 18.0. The molecule has 2 radical (unpaired) electrons. The van der Waals surface area contributed by atoms with Gasteiger partial charge in [0.25, 0.3) is 0 Å². The molecule has 0 unspecified atom stereocenters. The maximum atomic E-state index is 11.3. The Bertz CT molecular complexity index is 1380. The molecule has 156 valence electrons. The number of phenols is 2. The van der Waals surface area contributed by atoms with E-state index in [1.807, 2.05) is 60.7 Å². The van der Waals surface area contributed by atoms with Crippen molar-refractivity contribution in [1.82, 2.24) is 0 Å². The van der Waals surface area contributed by atoms with Gasteiger partial charge in [-0.15, -0.1) is 0 Å². The van der Waals surface area contributed by atoms with Gasteiger partial charge in [0.2, 0.25) is 0 Å². The first kappa shape index (κ1) is 20.8. The Balaban J connectivity index is 1.74. The molecule has 0 amide bonds. The van der Waals surface area contributed by atoms with Gasteiger partial charge in [0, 0.05) is 21.4 Å². The fourth-order valence-electron chi connectivity index (χ4n) is 4.09. The summed E-state index contributed by atoms with van der Waals surface area (Å²) in [4.78, 5) is 0. The third-order valence-electron chi connectivity index (χ3n) is 6.08. The first-order valence-electron chi connectivity index (χ1n) is 10.6. The normalized spacial score (nSPS) is 11.5. The molecule has 2 nitrogen and oxygen atoms in total. The molecule has 4 heteroatoms. The van der Waals surface area contributed by atoms with Gasteiger partial charge in [0.15, 0.2) is 0 Å². The summed E-state index contributed by atoms with van der Waals surface area (Å²) in [5.41, 5.74) is 2.54. The molecule has 0 aliphatic rings. The van der Waals surface area contributed by atoms with E-state index >= 15 is 0 Å². The number of hydrogen-bond donors (Lipinski definition) is 2. The highest BCUT2D eigenvalue weighted by Crippen LogP contribution is 2.42. The van der Waals surface area contributed by atoms with Crippen molar-refractivity contribution in [1.29, 1.82) is 0 Å². The molecule has 0 bridgehead atoms. The van der Waals surface area contributed by atoms with Crippen LogP contribution in [-0.2, 0) is 0 Å². The summed E-state index contributed by atoms with van der Waals surface area (Å²) in [6.45, 7) is 4.29. The number of hydrogen-bond acceptors (Lipinski definition) is 2. The van der Waals surface area contributed by atoms with E-state index in [1.165, 1.54) is 16.3 Å². The molecule has 0 aliphatic carbocycles. The maximum Gasteiger partial charge on any atom is 0.130 e. The minimum atomic E-state index is -1.02. The fraction of sp³-hybridized carbons (Fsp3) is 0.0714. The smallest absolute Gasteiger partial charge is 0.130 e. The lowest BCUT2D eigenvalue weighted by Crippen LogP contribution is -2.26. The molecule has 0 aliphatic heterocycles. The maximum absolute atomic E-state index is 11.3. The molecular formula is C28H23O2PSi. The highest BCUT2D eigenvalue weighted by atomic mass is 31.4. The van der Waals surface area contributed by atoms with Gasteiger partial charge >= 0.3 is 0 Å². The highest BCUT2D eigenvalue weighted by molar-refractivity contribution is 7.99. The average Bonchev–Trinajstić information content (AvgIpc) is 2.82. The van der Waals surface area contributed by atoms with E-state index in [0.717, 1.165) is 32.2 Å². The van der Waals surface area contributed by atoms with E-state index < -0.39 is 7.47 Å². The second kappa shape index (κ2) is 8.42. The molecule has 2 N–H and O–H groups in total. The largest absolute Gasteiger partial charge is 0.507 e. The standard InChI is InChI=1S/C28H23O2PSi/c1-18-8-7-13-26(19(18)2)32-31(24-16-14-20-9-3-5-11-22(20)27(24)29)25-17-15-21-10-4-6-12-23(21)28(25)30/h3-17,29-30H,1-2H3. The summed E-state index contributed by atoms with van der Waals surface area (Å²) in [7, 11) is -0.591. The van der Waals surface area contributed by atoms with Crippen molar-refractivity contribution in [2.24, 2.45) is 0 Å². The van der Waals surface area contributed by atoms with E-state index in [9.17, 15) is 10.2 Å². The van der Waals surface area contributed by atoms with E-state index in [4.69, 9.17) is 0 Å². The SMILES string of the molecule is Cc1cccc([Si]P(c2ccc3ccccc3c2O)c2ccc3ccccc3c2O)c1C. The Hall–Kier alpha value is -3.13. The Labute approximate surface area is 191 Å². The van der Waals surface area contributed by atoms with Gasteiger partial charge in [-0.3, -0.25) is 0 Å². The van der Waals surface area contributed by atoms with Crippen molar-refractivity contribution in [3.05, 3.63) is 102 Å². The molecule has 5 aromatic rings. The molecule has 0 saturated heterocycles. The average molecular weight is 451 g/mol. The molecule has 5 aromatic carbocycles. The first-order valence-corrected chi connectivity index (χ1v) is 13.8. The number of phenolic OH excluding ortho intramolecular Hbond substituents is 2. The lowest BCUT2D eigenvalue weighted by molar-refractivity contribution is 0.485. The predicted molar refractivity (Wildman–Crippen MR) is 139 cm³/mol. The summed E-state index contributed by atoms with van der Waals surface area (Å²) in [6, 6.07) is 30.5. The summed E-state index contributed by atoms with van der Waals surface area (Å²) >= 11 is 0. The molecule has 0 saturated carbocycles. The van der Waals surface area contributed by atoms with Crippen LogP contribution in [-0.4, -0.2) is 19.4 Å². The van der Waals surface area contributed by atoms with E-state index in [0.29, 0.717) is 20.7 Å². The lowest BCUT2D eigenvalue weighted by Gasteiger charge is -2.23. The van der Waals surface area contributed by atoms with Gasteiger partial charge in [-0.1, -0.05) is 96.2 Å².